The molecular formula is C16H18FNO. The first-order valence-electron chi connectivity index (χ1n) is 7.01. The van der Waals surface area contributed by atoms with Crippen LogP contribution in [0.15, 0.2) is 24.4 Å². The molecule has 0 saturated heterocycles. The van der Waals surface area contributed by atoms with Gasteiger partial charge in [-0.25, -0.2) is 4.39 Å². The number of fused-ring (bicyclic) bond motifs is 1. The van der Waals surface area contributed by atoms with Crippen molar-refractivity contribution in [3.05, 3.63) is 35.8 Å². The summed E-state index contributed by atoms with van der Waals surface area (Å²) < 4.78 is 15.6. The third-order valence-electron chi connectivity index (χ3n) is 4.14. The zero-order chi connectivity index (χ0) is 13.4. The second-order valence-corrected chi connectivity index (χ2v) is 5.30. The van der Waals surface area contributed by atoms with E-state index in [1.807, 2.05) is 12.3 Å². The minimum Gasteiger partial charge on any atom is -0.347 e. The molecule has 0 amide bonds. The van der Waals surface area contributed by atoms with Crippen molar-refractivity contribution < 1.29 is 9.18 Å². The van der Waals surface area contributed by atoms with Crippen molar-refractivity contribution in [3.63, 3.8) is 0 Å². The van der Waals surface area contributed by atoms with Crippen molar-refractivity contribution in [2.24, 2.45) is 0 Å². The second-order valence-electron chi connectivity index (χ2n) is 5.30. The van der Waals surface area contributed by atoms with E-state index in [0.29, 0.717) is 12.2 Å². The zero-order valence-corrected chi connectivity index (χ0v) is 11.2. The molecule has 0 bridgehead atoms. The lowest BCUT2D eigenvalue weighted by Gasteiger charge is -2.20. The van der Waals surface area contributed by atoms with Crippen LogP contribution in [-0.2, 0) is 11.3 Å². The molecule has 19 heavy (non-hydrogen) atoms. The Hall–Kier alpha value is -1.64. The average Bonchev–Trinajstić information content (AvgIpc) is 2.77. The SMILES string of the molecule is CCn1cc(C2CCCCC2=O)c2cc(F)ccc21. The Morgan fingerprint density at radius 1 is 1.37 bits per heavy atom. The zero-order valence-electron chi connectivity index (χ0n) is 11.2. The summed E-state index contributed by atoms with van der Waals surface area (Å²) in [5.74, 6) is 0.0439. The number of Topliss-reactive ketones (excluding diaryl/α,β-unsaturated/α-hetero) is 1. The summed E-state index contributed by atoms with van der Waals surface area (Å²) in [6, 6.07) is 4.87. The van der Waals surface area contributed by atoms with Crippen molar-refractivity contribution in [2.75, 3.05) is 0 Å². The topological polar surface area (TPSA) is 22.0 Å². The third kappa shape index (κ3) is 2.07. The van der Waals surface area contributed by atoms with Crippen molar-refractivity contribution in [1.82, 2.24) is 4.57 Å². The molecule has 1 fully saturated rings. The van der Waals surface area contributed by atoms with E-state index in [1.54, 1.807) is 6.07 Å². The molecule has 1 saturated carbocycles. The van der Waals surface area contributed by atoms with Crippen molar-refractivity contribution in [1.29, 1.82) is 0 Å². The highest BCUT2D eigenvalue weighted by atomic mass is 19.1. The predicted octanol–water partition coefficient (Wildman–Crippen LogP) is 4.03. The van der Waals surface area contributed by atoms with Crippen LogP contribution in [0.5, 0.6) is 0 Å². The van der Waals surface area contributed by atoms with Gasteiger partial charge in [0.25, 0.3) is 0 Å². The smallest absolute Gasteiger partial charge is 0.140 e. The maximum Gasteiger partial charge on any atom is 0.140 e. The highest BCUT2D eigenvalue weighted by Gasteiger charge is 2.26. The quantitative estimate of drug-likeness (QED) is 0.798. The molecule has 3 rings (SSSR count). The molecule has 0 radical (unpaired) electrons. The fourth-order valence-corrected chi connectivity index (χ4v) is 3.15. The number of hydrogen-bond donors (Lipinski definition) is 0. The number of rotatable bonds is 2. The summed E-state index contributed by atoms with van der Waals surface area (Å²) in [6.07, 6.45) is 5.69. The van der Waals surface area contributed by atoms with Crippen LogP contribution in [0.4, 0.5) is 4.39 Å². The normalized spacial score (nSPS) is 20.1. The van der Waals surface area contributed by atoms with Crippen molar-refractivity contribution >= 4 is 16.7 Å². The Bertz CT molecular complexity index is 629. The number of ketones is 1. The van der Waals surface area contributed by atoms with Gasteiger partial charge in [-0.3, -0.25) is 4.79 Å². The van der Waals surface area contributed by atoms with Crippen LogP contribution in [0.3, 0.4) is 0 Å². The van der Waals surface area contributed by atoms with E-state index in [9.17, 15) is 9.18 Å². The number of halogens is 1. The lowest BCUT2D eigenvalue weighted by Crippen LogP contribution is -2.16. The van der Waals surface area contributed by atoms with E-state index in [1.165, 1.54) is 6.07 Å². The first kappa shape index (κ1) is 12.4. The van der Waals surface area contributed by atoms with Crippen molar-refractivity contribution in [2.45, 2.75) is 45.1 Å². The van der Waals surface area contributed by atoms with Crippen LogP contribution in [0.1, 0.15) is 44.1 Å². The highest BCUT2D eigenvalue weighted by molar-refractivity contribution is 5.93. The molecule has 1 aromatic carbocycles. The van der Waals surface area contributed by atoms with E-state index >= 15 is 0 Å². The number of aromatic nitrogens is 1. The number of carbonyl (C=O) groups is 1. The van der Waals surface area contributed by atoms with Crippen LogP contribution < -0.4 is 0 Å². The fraction of sp³-hybridized carbons (Fsp3) is 0.438. The number of aryl methyl sites for hydroxylation is 1. The summed E-state index contributed by atoms with van der Waals surface area (Å²) >= 11 is 0. The average molecular weight is 259 g/mol. The molecule has 1 heterocycles. The summed E-state index contributed by atoms with van der Waals surface area (Å²) in [5, 5.41) is 0.905. The molecule has 1 unspecified atom stereocenters. The molecule has 0 aliphatic heterocycles. The van der Waals surface area contributed by atoms with Gasteiger partial charge in [0.2, 0.25) is 0 Å². The van der Waals surface area contributed by atoms with Gasteiger partial charge in [-0.1, -0.05) is 6.42 Å². The van der Waals surface area contributed by atoms with Crippen LogP contribution in [0.25, 0.3) is 10.9 Å². The molecule has 1 aromatic heterocycles. The first-order chi connectivity index (χ1) is 9.20. The first-order valence-corrected chi connectivity index (χ1v) is 7.01. The standard InChI is InChI=1S/C16H18FNO/c1-2-18-10-14(12-5-3-4-6-16(12)19)13-9-11(17)7-8-15(13)18/h7-10,12H,2-6H2,1H3. The summed E-state index contributed by atoms with van der Waals surface area (Å²) in [5.41, 5.74) is 2.04. The van der Waals surface area contributed by atoms with Gasteiger partial charge in [0.05, 0.1) is 0 Å². The summed E-state index contributed by atoms with van der Waals surface area (Å²) in [4.78, 5) is 12.1. The molecule has 0 spiro atoms. The van der Waals surface area contributed by atoms with Gasteiger partial charge in [-0.15, -0.1) is 0 Å². The van der Waals surface area contributed by atoms with Crippen LogP contribution in [0.2, 0.25) is 0 Å². The molecule has 100 valence electrons. The summed E-state index contributed by atoms with van der Waals surface area (Å²) in [6.45, 7) is 2.90. The largest absolute Gasteiger partial charge is 0.347 e. The Kier molecular flexibility index (Phi) is 3.13. The molecule has 2 nitrogen and oxygen atoms in total. The Balaban J connectivity index is 2.16. The van der Waals surface area contributed by atoms with Gasteiger partial charge >= 0.3 is 0 Å². The van der Waals surface area contributed by atoms with E-state index < -0.39 is 0 Å². The molecule has 2 aromatic rings. The highest BCUT2D eigenvalue weighted by Crippen LogP contribution is 2.35. The lowest BCUT2D eigenvalue weighted by atomic mass is 9.83. The van der Waals surface area contributed by atoms with Gasteiger partial charge in [0.1, 0.15) is 11.6 Å². The molecule has 0 N–H and O–H groups in total. The van der Waals surface area contributed by atoms with Gasteiger partial charge in [-0.2, -0.15) is 0 Å². The Morgan fingerprint density at radius 2 is 2.21 bits per heavy atom. The van der Waals surface area contributed by atoms with E-state index in [-0.39, 0.29) is 11.7 Å². The molecular weight excluding hydrogens is 241 g/mol. The van der Waals surface area contributed by atoms with Gasteiger partial charge in [0, 0.05) is 36.0 Å². The third-order valence-corrected chi connectivity index (χ3v) is 4.14. The van der Waals surface area contributed by atoms with Crippen LogP contribution in [0, 0.1) is 5.82 Å². The minimum atomic E-state index is -0.231. The second kappa shape index (κ2) is 4.80. The fourth-order valence-electron chi connectivity index (χ4n) is 3.15. The molecule has 1 aliphatic carbocycles. The molecule has 3 heteroatoms. The Labute approximate surface area is 112 Å². The Morgan fingerprint density at radius 3 is 2.95 bits per heavy atom. The number of nitrogens with zero attached hydrogens (tertiary/aromatic N) is 1. The van der Waals surface area contributed by atoms with E-state index in [0.717, 1.165) is 42.3 Å². The van der Waals surface area contributed by atoms with Gasteiger partial charge in [0.15, 0.2) is 0 Å². The number of hydrogen-bond acceptors (Lipinski definition) is 1. The van der Waals surface area contributed by atoms with Gasteiger partial charge in [-0.05, 0) is 43.5 Å². The summed E-state index contributed by atoms with van der Waals surface area (Å²) in [7, 11) is 0. The van der Waals surface area contributed by atoms with Crippen LogP contribution >= 0.6 is 0 Å². The predicted molar refractivity (Wildman–Crippen MR) is 73.8 cm³/mol. The lowest BCUT2D eigenvalue weighted by molar-refractivity contribution is -0.121. The number of benzene rings is 1. The number of carbonyl (C=O) groups excluding carboxylic acids is 1. The van der Waals surface area contributed by atoms with E-state index in [4.69, 9.17) is 0 Å². The van der Waals surface area contributed by atoms with Crippen molar-refractivity contribution in [3.8, 4) is 0 Å². The van der Waals surface area contributed by atoms with Crippen LogP contribution in [-0.4, -0.2) is 10.4 Å². The molecule has 1 aliphatic rings. The van der Waals surface area contributed by atoms with E-state index in [2.05, 4.69) is 11.5 Å². The monoisotopic (exact) mass is 259 g/mol. The van der Waals surface area contributed by atoms with Gasteiger partial charge < -0.3 is 4.57 Å². The molecule has 1 atom stereocenters. The maximum absolute atomic E-state index is 13.5. The minimum absolute atomic E-state index is 0.0363. The maximum atomic E-state index is 13.5.